The third kappa shape index (κ3) is 5.08. The molecular formula is C25H31NO4. The molecule has 2 aromatic rings. The molecule has 0 spiro atoms. The van der Waals surface area contributed by atoms with Crippen molar-refractivity contribution in [3.05, 3.63) is 71.8 Å². The van der Waals surface area contributed by atoms with Gasteiger partial charge in [0.1, 0.15) is 0 Å². The molecular weight excluding hydrogens is 378 g/mol. The second kappa shape index (κ2) is 10.4. The van der Waals surface area contributed by atoms with Crippen LogP contribution < -0.4 is 0 Å². The van der Waals surface area contributed by atoms with Crippen molar-refractivity contribution in [2.45, 2.75) is 44.8 Å². The van der Waals surface area contributed by atoms with E-state index in [0.29, 0.717) is 0 Å². The molecule has 5 nitrogen and oxygen atoms in total. The van der Waals surface area contributed by atoms with Crippen LogP contribution in [-0.2, 0) is 25.6 Å². The van der Waals surface area contributed by atoms with E-state index in [-0.39, 0.29) is 42.3 Å². The number of benzene rings is 2. The van der Waals surface area contributed by atoms with Crippen LogP contribution in [-0.4, -0.2) is 37.1 Å². The molecule has 3 rings (SSSR count). The predicted octanol–water partition coefficient (Wildman–Crippen LogP) is 4.38. The first kappa shape index (κ1) is 22.0. The van der Waals surface area contributed by atoms with Crippen LogP contribution in [0, 0.1) is 11.8 Å². The Morgan fingerprint density at radius 1 is 0.967 bits per heavy atom. The molecule has 30 heavy (non-hydrogen) atoms. The Bertz CT molecular complexity index is 824. The van der Waals surface area contributed by atoms with Gasteiger partial charge >= 0.3 is 11.9 Å². The molecule has 5 heteroatoms. The Hall–Kier alpha value is -2.66. The number of hydrogen-bond acceptors (Lipinski definition) is 5. The van der Waals surface area contributed by atoms with Crippen LogP contribution in [0.2, 0.25) is 0 Å². The minimum atomic E-state index is -0.357. The van der Waals surface area contributed by atoms with Crippen LogP contribution in [0.5, 0.6) is 0 Å². The molecule has 2 aromatic carbocycles. The summed E-state index contributed by atoms with van der Waals surface area (Å²) in [6.45, 7) is 2.90. The van der Waals surface area contributed by atoms with Crippen molar-refractivity contribution in [3.8, 4) is 0 Å². The molecule has 0 N–H and O–H groups in total. The molecule has 160 valence electrons. The maximum absolute atomic E-state index is 12.8. The van der Waals surface area contributed by atoms with E-state index in [4.69, 9.17) is 9.47 Å². The van der Waals surface area contributed by atoms with Gasteiger partial charge in [0.05, 0.1) is 20.1 Å². The van der Waals surface area contributed by atoms with Crippen molar-refractivity contribution in [1.29, 1.82) is 0 Å². The SMILES string of the molecule is COC(=O)CC1CCC(N(Cc2ccccc2)C(C)c2ccccc2)C1C(=O)OC. The number of carbonyl (C=O) groups is 2. The minimum absolute atomic E-state index is 0.0116. The van der Waals surface area contributed by atoms with E-state index in [9.17, 15) is 9.59 Å². The highest BCUT2D eigenvalue weighted by atomic mass is 16.5. The summed E-state index contributed by atoms with van der Waals surface area (Å²) >= 11 is 0. The van der Waals surface area contributed by atoms with Crippen molar-refractivity contribution in [2.75, 3.05) is 14.2 Å². The molecule has 4 unspecified atom stereocenters. The van der Waals surface area contributed by atoms with Gasteiger partial charge in [0, 0.05) is 25.0 Å². The summed E-state index contributed by atoms with van der Waals surface area (Å²) in [5, 5.41) is 0. The van der Waals surface area contributed by atoms with Crippen LogP contribution in [0.4, 0.5) is 0 Å². The van der Waals surface area contributed by atoms with Crippen LogP contribution in [0.3, 0.4) is 0 Å². The number of hydrogen-bond donors (Lipinski definition) is 0. The van der Waals surface area contributed by atoms with Gasteiger partial charge in [0.25, 0.3) is 0 Å². The third-order valence-corrected chi connectivity index (χ3v) is 6.30. The van der Waals surface area contributed by atoms with Gasteiger partial charge in [-0.2, -0.15) is 0 Å². The van der Waals surface area contributed by atoms with Gasteiger partial charge in [-0.3, -0.25) is 14.5 Å². The lowest BCUT2D eigenvalue weighted by molar-refractivity contribution is -0.151. The summed E-state index contributed by atoms with van der Waals surface area (Å²) in [7, 11) is 2.82. The fourth-order valence-electron chi connectivity index (χ4n) is 4.70. The highest BCUT2D eigenvalue weighted by Crippen LogP contribution is 2.42. The molecule has 0 aliphatic heterocycles. The zero-order valence-electron chi connectivity index (χ0n) is 18.0. The normalized spacial score (nSPS) is 21.9. The first-order valence-electron chi connectivity index (χ1n) is 10.5. The van der Waals surface area contributed by atoms with Gasteiger partial charge in [0.2, 0.25) is 0 Å². The van der Waals surface area contributed by atoms with Gasteiger partial charge < -0.3 is 9.47 Å². The summed E-state index contributed by atoms with van der Waals surface area (Å²) in [5.74, 6) is -0.954. The Balaban J connectivity index is 1.93. The largest absolute Gasteiger partial charge is 0.469 e. The Kier molecular flexibility index (Phi) is 7.63. The van der Waals surface area contributed by atoms with Crippen molar-refractivity contribution in [3.63, 3.8) is 0 Å². The summed E-state index contributed by atoms with van der Waals surface area (Å²) in [5.41, 5.74) is 2.40. The highest BCUT2D eigenvalue weighted by molar-refractivity contribution is 5.76. The molecule has 0 heterocycles. The second-order valence-electron chi connectivity index (χ2n) is 7.98. The summed E-state index contributed by atoms with van der Waals surface area (Å²) in [6, 6.07) is 20.7. The fourth-order valence-corrected chi connectivity index (χ4v) is 4.70. The van der Waals surface area contributed by atoms with E-state index >= 15 is 0 Å². The molecule has 0 aromatic heterocycles. The van der Waals surface area contributed by atoms with E-state index in [0.717, 1.165) is 19.4 Å². The quantitative estimate of drug-likeness (QED) is 0.606. The molecule has 1 aliphatic rings. The minimum Gasteiger partial charge on any atom is -0.469 e. The van der Waals surface area contributed by atoms with E-state index in [1.807, 2.05) is 36.4 Å². The number of ether oxygens (including phenoxy) is 2. The number of rotatable bonds is 8. The van der Waals surface area contributed by atoms with Crippen LogP contribution in [0.1, 0.15) is 43.4 Å². The van der Waals surface area contributed by atoms with Crippen molar-refractivity contribution in [1.82, 2.24) is 4.90 Å². The average Bonchev–Trinajstić information content (AvgIpc) is 3.20. The third-order valence-electron chi connectivity index (χ3n) is 6.30. The van der Waals surface area contributed by atoms with Crippen molar-refractivity contribution >= 4 is 11.9 Å². The first-order chi connectivity index (χ1) is 14.5. The lowest BCUT2D eigenvalue weighted by Crippen LogP contribution is -2.44. The second-order valence-corrected chi connectivity index (χ2v) is 7.98. The fraction of sp³-hybridized carbons (Fsp3) is 0.440. The first-order valence-corrected chi connectivity index (χ1v) is 10.5. The Labute approximate surface area is 179 Å². The van der Waals surface area contributed by atoms with Gasteiger partial charge in [-0.05, 0) is 36.8 Å². The van der Waals surface area contributed by atoms with E-state index in [2.05, 4.69) is 36.1 Å². The van der Waals surface area contributed by atoms with Gasteiger partial charge in [-0.15, -0.1) is 0 Å². The maximum Gasteiger partial charge on any atom is 0.310 e. The number of carbonyl (C=O) groups excluding carboxylic acids is 2. The topological polar surface area (TPSA) is 55.8 Å². The highest BCUT2D eigenvalue weighted by Gasteiger charge is 2.46. The summed E-state index contributed by atoms with van der Waals surface area (Å²) < 4.78 is 10.1. The lowest BCUT2D eigenvalue weighted by Gasteiger charge is -2.38. The number of nitrogens with zero attached hydrogens (tertiary/aromatic N) is 1. The molecule has 0 radical (unpaired) electrons. The molecule has 1 aliphatic carbocycles. The molecule has 4 atom stereocenters. The van der Waals surface area contributed by atoms with E-state index < -0.39 is 0 Å². The molecule has 1 fully saturated rings. The van der Waals surface area contributed by atoms with Gasteiger partial charge in [-0.1, -0.05) is 60.7 Å². The summed E-state index contributed by atoms with van der Waals surface area (Å²) in [6.07, 6.45) is 1.88. The van der Waals surface area contributed by atoms with E-state index in [1.54, 1.807) is 0 Å². The number of esters is 2. The average molecular weight is 410 g/mol. The number of methoxy groups -OCH3 is 2. The van der Waals surface area contributed by atoms with Gasteiger partial charge in [0.15, 0.2) is 0 Å². The molecule has 0 amide bonds. The Morgan fingerprint density at radius 2 is 1.60 bits per heavy atom. The smallest absolute Gasteiger partial charge is 0.310 e. The zero-order valence-corrected chi connectivity index (χ0v) is 18.0. The Morgan fingerprint density at radius 3 is 2.20 bits per heavy atom. The van der Waals surface area contributed by atoms with Crippen molar-refractivity contribution < 1.29 is 19.1 Å². The monoisotopic (exact) mass is 409 g/mol. The zero-order chi connectivity index (χ0) is 21.5. The molecule has 0 bridgehead atoms. The van der Waals surface area contributed by atoms with Crippen LogP contribution in [0.15, 0.2) is 60.7 Å². The lowest BCUT2D eigenvalue weighted by atomic mass is 9.89. The van der Waals surface area contributed by atoms with Crippen LogP contribution >= 0.6 is 0 Å². The van der Waals surface area contributed by atoms with E-state index in [1.165, 1.54) is 25.3 Å². The molecule has 1 saturated carbocycles. The molecule has 0 saturated heterocycles. The van der Waals surface area contributed by atoms with Crippen molar-refractivity contribution in [2.24, 2.45) is 11.8 Å². The van der Waals surface area contributed by atoms with Gasteiger partial charge in [-0.25, -0.2) is 0 Å². The summed E-state index contributed by atoms with van der Waals surface area (Å²) in [4.78, 5) is 27.2. The van der Waals surface area contributed by atoms with Crippen LogP contribution in [0.25, 0.3) is 0 Å². The standard InChI is InChI=1S/C25H31NO4/c1-18(20-12-8-5-9-13-20)26(17-19-10-6-4-7-11-19)22-15-14-21(16-23(27)29-2)24(22)25(28)30-3/h4-13,18,21-22,24H,14-17H2,1-3H3. The maximum atomic E-state index is 12.8. The predicted molar refractivity (Wildman–Crippen MR) is 115 cm³/mol.